The Labute approximate surface area is 175 Å². The van der Waals surface area contributed by atoms with Crippen LogP contribution in [0.1, 0.15) is 32.3 Å². The lowest BCUT2D eigenvalue weighted by Gasteiger charge is -2.20. The van der Waals surface area contributed by atoms with Crippen LogP contribution in [0.5, 0.6) is 5.06 Å². The lowest BCUT2D eigenvalue weighted by Crippen LogP contribution is -2.21. The monoisotopic (exact) mass is 438 g/mol. The highest BCUT2D eigenvalue weighted by atomic mass is 32.1. The predicted molar refractivity (Wildman–Crippen MR) is 109 cm³/mol. The normalized spacial score (nSPS) is 12.7. The standard InChI is InChI=1S/C20H21F3N4O2S/c1-27-14(7-8-26-27)16-15(17(18(25)28)30-19(16)29-2)12(10-24)9-11-5-3-4-6-13(11)20(21,22)23/h3-8,12H,9-10,24H2,1-2H3,(H2,25,28)/t12-/m1/s1. The fraction of sp³-hybridized carbons (Fsp3) is 0.300. The van der Waals surface area contributed by atoms with Gasteiger partial charge in [0, 0.05) is 19.2 Å². The Morgan fingerprint density at radius 3 is 2.53 bits per heavy atom. The van der Waals surface area contributed by atoms with E-state index in [9.17, 15) is 18.0 Å². The second-order valence-electron chi connectivity index (χ2n) is 6.71. The number of aryl methyl sites for hydroxylation is 1. The Morgan fingerprint density at radius 1 is 1.30 bits per heavy atom. The number of aromatic nitrogens is 2. The largest absolute Gasteiger partial charge is 0.487 e. The number of carbonyl (C=O) groups excluding carboxylic acids is 1. The van der Waals surface area contributed by atoms with Crippen LogP contribution in [0.3, 0.4) is 0 Å². The van der Waals surface area contributed by atoms with Crippen molar-refractivity contribution in [1.82, 2.24) is 9.78 Å². The lowest BCUT2D eigenvalue weighted by molar-refractivity contribution is -0.138. The molecule has 0 aliphatic heterocycles. The number of carbonyl (C=O) groups is 1. The van der Waals surface area contributed by atoms with E-state index in [1.165, 1.54) is 19.2 Å². The average Bonchev–Trinajstić information content (AvgIpc) is 3.28. The minimum absolute atomic E-state index is 0.0111. The van der Waals surface area contributed by atoms with Crippen molar-refractivity contribution >= 4 is 17.2 Å². The molecule has 0 aliphatic carbocycles. The first-order valence-corrected chi connectivity index (χ1v) is 9.84. The third kappa shape index (κ3) is 4.05. The van der Waals surface area contributed by atoms with E-state index < -0.39 is 23.6 Å². The van der Waals surface area contributed by atoms with Gasteiger partial charge in [-0.25, -0.2) is 0 Å². The smallest absolute Gasteiger partial charge is 0.416 e. The molecule has 0 saturated heterocycles. The number of methoxy groups -OCH3 is 1. The summed E-state index contributed by atoms with van der Waals surface area (Å²) < 4.78 is 47.5. The van der Waals surface area contributed by atoms with Crippen molar-refractivity contribution in [1.29, 1.82) is 0 Å². The van der Waals surface area contributed by atoms with Gasteiger partial charge in [-0.2, -0.15) is 18.3 Å². The summed E-state index contributed by atoms with van der Waals surface area (Å²) in [6.07, 6.45) is -2.94. The Balaban J connectivity index is 2.19. The fourth-order valence-corrected chi connectivity index (χ4v) is 4.61. The summed E-state index contributed by atoms with van der Waals surface area (Å²) in [6, 6.07) is 7.07. The van der Waals surface area contributed by atoms with Gasteiger partial charge in [-0.1, -0.05) is 29.5 Å². The molecule has 0 spiro atoms. The number of thiophene rings is 1. The number of ether oxygens (including phenoxy) is 1. The molecule has 2 heterocycles. The van der Waals surface area contributed by atoms with E-state index >= 15 is 0 Å². The Kier molecular flexibility index (Phi) is 6.18. The molecule has 30 heavy (non-hydrogen) atoms. The van der Waals surface area contributed by atoms with E-state index in [1.807, 2.05) is 0 Å². The van der Waals surface area contributed by atoms with Crippen LogP contribution in [0, 0.1) is 0 Å². The average molecular weight is 438 g/mol. The van der Waals surface area contributed by atoms with Crippen molar-refractivity contribution in [2.45, 2.75) is 18.5 Å². The molecule has 0 aliphatic rings. The van der Waals surface area contributed by atoms with Crippen LogP contribution >= 0.6 is 11.3 Å². The van der Waals surface area contributed by atoms with E-state index in [0.29, 0.717) is 21.9 Å². The van der Waals surface area contributed by atoms with Gasteiger partial charge in [-0.05, 0) is 36.2 Å². The quantitative estimate of drug-likeness (QED) is 0.590. The highest BCUT2D eigenvalue weighted by molar-refractivity contribution is 7.16. The molecule has 3 aromatic rings. The summed E-state index contributed by atoms with van der Waals surface area (Å²) in [5, 5.41) is 4.57. The zero-order valence-corrected chi connectivity index (χ0v) is 17.2. The molecule has 1 aromatic carbocycles. The molecule has 0 unspecified atom stereocenters. The highest BCUT2D eigenvalue weighted by Gasteiger charge is 2.35. The van der Waals surface area contributed by atoms with Crippen LogP contribution in [-0.4, -0.2) is 29.3 Å². The van der Waals surface area contributed by atoms with Gasteiger partial charge in [0.05, 0.1) is 28.8 Å². The van der Waals surface area contributed by atoms with Crippen LogP contribution in [0.2, 0.25) is 0 Å². The molecule has 2 aromatic heterocycles. The van der Waals surface area contributed by atoms with Crippen molar-refractivity contribution in [3.63, 3.8) is 0 Å². The number of primary amides is 1. The maximum Gasteiger partial charge on any atom is 0.416 e. The van der Waals surface area contributed by atoms with Crippen molar-refractivity contribution < 1.29 is 22.7 Å². The number of nitrogens with zero attached hydrogens (tertiary/aromatic N) is 2. The summed E-state index contributed by atoms with van der Waals surface area (Å²) >= 11 is 1.05. The number of halogens is 3. The number of benzene rings is 1. The van der Waals surface area contributed by atoms with Gasteiger partial charge < -0.3 is 16.2 Å². The minimum Gasteiger partial charge on any atom is -0.487 e. The number of alkyl halides is 3. The third-order valence-electron chi connectivity index (χ3n) is 4.88. The zero-order chi connectivity index (χ0) is 22.1. The third-order valence-corrected chi connectivity index (χ3v) is 6.06. The Bertz CT molecular complexity index is 1060. The zero-order valence-electron chi connectivity index (χ0n) is 16.4. The van der Waals surface area contributed by atoms with E-state index in [4.69, 9.17) is 16.2 Å². The molecule has 6 nitrogen and oxygen atoms in total. The summed E-state index contributed by atoms with van der Waals surface area (Å²) in [4.78, 5) is 12.4. The predicted octanol–water partition coefficient (Wildman–Crippen LogP) is 3.56. The van der Waals surface area contributed by atoms with Crippen molar-refractivity contribution in [3.8, 4) is 16.3 Å². The number of hydrogen-bond donors (Lipinski definition) is 2. The second kappa shape index (κ2) is 8.49. The molecule has 10 heteroatoms. The first-order chi connectivity index (χ1) is 14.2. The van der Waals surface area contributed by atoms with Crippen LogP contribution < -0.4 is 16.2 Å². The summed E-state index contributed by atoms with van der Waals surface area (Å²) in [7, 11) is 3.17. The van der Waals surface area contributed by atoms with E-state index in [1.54, 1.807) is 30.1 Å². The van der Waals surface area contributed by atoms with Gasteiger partial charge in [-0.15, -0.1) is 0 Å². The Morgan fingerprint density at radius 2 is 2.00 bits per heavy atom. The maximum atomic E-state index is 13.5. The second-order valence-corrected chi connectivity index (χ2v) is 7.69. The van der Waals surface area contributed by atoms with Gasteiger partial charge in [-0.3, -0.25) is 9.48 Å². The van der Waals surface area contributed by atoms with E-state index in [0.717, 1.165) is 17.4 Å². The highest BCUT2D eigenvalue weighted by Crippen LogP contribution is 2.46. The molecule has 0 saturated carbocycles. The van der Waals surface area contributed by atoms with Gasteiger partial charge >= 0.3 is 6.18 Å². The molecule has 0 bridgehead atoms. The first kappa shape index (κ1) is 21.8. The molecule has 1 atom stereocenters. The number of hydrogen-bond acceptors (Lipinski definition) is 5. The number of nitrogens with two attached hydrogens (primary N) is 2. The van der Waals surface area contributed by atoms with Crippen LogP contribution in [0.25, 0.3) is 11.3 Å². The maximum absolute atomic E-state index is 13.5. The molecule has 4 N–H and O–H groups in total. The van der Waals surface area contributed by atoms with Crippen LogP contribution in [0.15, 0.2) is 36.5 Å². The lowest BCUT2D eigenvalue weighted by atomic mass is 9.86. The Hall–Kier alpha value is -2.85. The molecular formula is C20H21F3N4O2S. The molecular weight excluding hydrogens is 417 g/mol. The molecule has 1 amide bonds. The number of amides is 1. The van der Waals surface area contributed by atoms with Gasteiger partial charge in [0.2, 0.25) is 0 Å². The SMILES string of the molecule is COc1sc(C(N)=O)c([C@@H](CN)Cc2ccccc2C(F)(F)F)c1-c1ccnn1C. The number of rotatable bonds is 7. The minimum atomic E-state index is -4.50. The van der Waals surface area contributed by atoms with E-state index in [-0.39, 0.29) is 23.4 Å². The van der Waals surface area contributed by atoms with Gasteiger partial charge in [0.1, 0.15) is 0 Å². The fourth-order valence-electron chi connectivity index (χ4n) is 3.54. The first-order valence-electron chi connectivity index (χ1n) is 9.03. The van der Waals surface area contributed by atoms with Crippen molar-refractivity contribution in [2.75, 3.05) is 13.7 Å². The van der Waals surface area contributed by atoms with Gasteiger partial charge in [0.25, 0.3) is 5.91 Å². The summed E-state index contributed by atoms with van der Waals surface area (Å²) in [6.45, 7) is 0.0111. The summed E-state index contributed by atoms with van der Waals surface area (Å²) in [5.41, 5.74) is 12.7. The summed E-state index contributed by atoms with van der Waals surface area (Å²) in [5.74, 6) is -1.29. The van der Waals surface area contributed by atoms with Crippen LogP contribution in [0.4, 0.5) is 13.2 Å². The van der Waals surface area contributed by atoms with Crippen LogP contribution in [-0.2, 0) is 19.6 Å². The molecule has 0 radical (unpaired) electrons. The van der Waals surface area contributed by atoms with E-state index in [2.05, 4.69) is 5.10 Å². The molecule has 3 rings (SSSR count). The van der Waals surface area contributed by atoms with Crippen molar-refractivity contribution in [2.24, 2.45) is 18.5 Å². The van der Waals surface area contributed by atoms with Gasteiger partial charge in [0.15, 0.2) is 5.06 Å². The molecule has 0 fully saturated rings. The topological polar surface area (TPSA) is 96.2 Å². The molecule has 160 valence electrons. The van der Waals surface area contributed by atoms with Crippen molar-refractivity contribution in [3.05, 3.63) is 58.1 Å².